The molecule has 0 aliphatic carbocycles. The van der Waals surface area contributed by atoms with Crippen LogP contribution in [0.25, 0.3) is 0 Å². The largest absolute Gasteiger partial charge is 0.488 e. The molecule has 1 heterocycles. The van der Waals surface area contributed by atoms with Gasteiger partial charge in [-0.15, -0.1) is 0 Å². The lowest BCUT2D eigenvalue weighted by Gasteiger charge is -2.27. The number of allylic oxidation sites excluding steroid dienone is 1. The van der Waals surface area contributed by atoms with Gasteiger partial charge in [-0.3, -0.25) is 0 Å². The standard InChI is InChI=1S/C18H13Cl2NO/c1-12-10-18(11-21,14-4-8-16(20)9-5-14)17(22-12)13-2-6-15(19)7-3-13/h2-10,17H,1H3/t17-,18-/m0/s1. The monoisotopic (exact) mass is 329 g/mol. The summed E-state index contributed by atoms with van der Waals surface area (Å²) in [5.41, 5.74) is 0.896. The Morgan fingerprint density at radius 2 is 1.55 bits per heavy atom. The van der Waals surface area contributed by atoms with E-state index < -0.39 is 11.5 Å². The van der Waals surface area contributed by atoms with Gasteiger partial charge in [0.2, 0.25) is 0 Å². The molecule has 0 radical (unpaired) electrons. The van der Waals surface area contributed by atoms with Gasteiger partial charge in [-0.1, -0.05) is 47.5 Å². The Morgan fingerprint density at radius 1 is 1.00 bits per heavy atom. The summed E-state index contributed by atoms with van der Waals surface area (Å²) in [5.74, 6) is 0.733. The number of rotatable bonds is 2. The zero-order valence-corrected chi connectivity index (χ0v) is 13.4. The van der Waals surface area contributed by atoms with Crippen LogP contribution in [0.15, 0.2) is 60.4 Å². The van der Waals surface area contributed by atoms with Crippen molar-refractivity contribution >= 4 is 23.2 Å². The molecule has 22 heavy (non-hydrogen) atoms. The third-order valence-corrected chi connectivity index (χ3v) is 4.33. The first-order valence-corrected chi connectivity index (χ1v) is 7.59. The number of ether oxygens (including phenoxy) is 1. The van der Waals surface area contributed by atoms with Gasteiger partial charge >= 0.3 is 0 Å². The van der Waals surface area contributed by atoms with Crippen molar-refractivity contribution in [2.75, 3.05) is 0 Å². The van der Waals surface area contributed by atoms with Crippen LogP contribution in [0.2, 0.25) is 10.0 Å². The number of nitrogens with zero attached hydrogens (tertiary/aromatic N) is 1. The molecule has 0 bridgehead atoms. The maximum atomic E-state index is 9.91. The van der Waals surface area contributed by atoms with Crippen molar-refractivity contribution in [3.05, 3.63) is 81.5 Å². The predicted molar refractivity (Wildman–Crippen MR) is 87.8 cm³/mol. The lowest BCUT2D eigenvalue weighted by Crippen LogP contribution is -2.27. The minimum Gasteiger partial charge on any atom is -0.488 e. The fraction of sp³-hybridized carbons (Fsp3) is 0.167. The van der Waals surface area contributed by atoms with E-state index in [1.807, 2.05) is 37.3 Å². The second-order valence-corrected chi connectivity index (χ2v) is 6.17. The van der Waals surface area contributed by atoms with Gasteiger partial charge in [-0.25, -0.2) is 0 Å². The third kappa shape index (κ3) is 2.47. The SMILES string of the molecule is CC1=C[C@](C#N)(c2ccc(Cl)cc2)[C@H](c2ccc(Cl)cc2)O1. The van der Waals surface area contributed by atoms with Gasteiger partial charge in [0.25, 0.3) is 0 Å². The number of nitriles is 1. The summed E-state index contributed by atoms with van der Waals surface area (Å²) in [6.07, 6.45) is 1.46. The van der Waals surface area contributed by atoms with Crippen molar-refractivity contribution in [1.29, 1.82) is 5.26 Å². The van der Waals surface area contributed by atoms with Gasteiger partial charge in [0.15, 0.2) is 0 Å². The molecule has 2 atom stereocenters. The second-order valence-electron chi connectivity index (χ2n) is 5.29. The van der Waals surface area contributed by atoms with Gasteiger partial charge in [-0.2, -0.15) is 5.26 Å². The summed E-state index contributed by atoms with van der Waals surface area (Å²) in [6.45, 7) is 1.86. The smallest absolute Gasteiger partial charge is 0.150 e. The summed E-state index contributed by atoms with van der Waals surface area (Å²) >= 11 is 11.9. The Bertz CT molecular complexity index is 759. The highest BCUT2D eigenvalue weighted by Crippen LogP contribution is 2.47. The third-order valence-electron chi connectivity index (χ3n) is 3.83. The molecule has 3 rings (SSSR count). The van der Waals surface area contributed by atoms with Crippen LogP contribution in [0.1, 0.15) is 24.2 Å². The van der Waals surface area contributed by atoms with Crippen molar-refractivity contribution in [3.8, 4) is 6.07 Å². The van der Waals surface area contributed by atoms with Gasteiger partial charge < -0.3 is 4.74 Å². The summed E-state index contributed by atoms with van der Waals surface area (Å²) in [4.78, 5) is 0. The lowest BCUT2D eigenvalue weighted by atomic mass is 9.75. The van der Waals surface area contributed by atoms with Gasteiger partial charge in [0, 0.05) is 10.0 Å². The van der Waals surface area contributed by atoms with Crippen LogP contribution in [-0.2, 0) is 10.2 Å². The van der Waals surface area contributed by atoms with E-state index in [0.29, 0.717) is 10.0 Å². The maximum Gasteiger partial charge on any atom is 0.150 e. The predicted octanol–water partition coefficient (Wildman–Crippen LogP) is 5.43. The van der Waals surface area contributed by atoms with E-state index in [4.69, 9.17) is 27.9 Å². The highest BCUT2D eigenvalue weighted by atomic mass is 35.5. The van der Waals surface area contributed by atoms with Gasteiger partial charge in [0.1, 0.15) is 11.5 Å². The Labute approximate surface area is 139 Å². The number of benzene rings is 2. The fourth-order valence-corrected chi connectivity index (χ4v) is 3.05. The average molecular weight is 330 g/mol. The Balaban J connectivity index is 2.12. The van der Waals surface area contributed by atoms with Crippen molar-refractivity contribution in [3.63, 3.8) is 0 Å². The molecule has 110 valence electrons. The molecule has 0 aromatic heterocycles. The van der Waals surface area contributed by atoms with Crippen LogP contribution in [0.3, 0.4) is 0 Å². The molecule has 0 spiro atoms. The Hall–Kier alpha value is -1.95. The summed E-state index contributed by atoms with van der Waals surface area (Å²) in [5, 5.41) is 11.2. The Kier molecular flexibility index (Phi) is 3.87. The van der Waals surface area contributed by atoms with Crippen LogP contribution < -0.4 is 0 Å². The number of halogens is 2. The molecule has 1 aliphatic heterocycles. The molecule has 1 aliphatic rings. The molecule has 0 unspecified atom stereocenters. The van der Waals surface area contributed by atoms with Gasteiger partial charge in [0.05, 0.1) is 11.8 Å². The van der Waals surface area contributed by atoms with E-state index >= 15 is 0 Å². The first-order chi connectivity index (χ1) is 10.5. The number of hydrogen-bond acceptors (Lipinski definition) is 2. The molecular formula is C18H13Cl2NO. The molecule has 0 saturated carbocycles. The molecule has 2 nitrogen and oxygen atoms in total. The average Bonchev–Trinajstić information content (AvgIpc) is 2.86. The van der Waals surface area contributed by atoms with Crippen molar-refractivity contribution in [1.82, 2.24) is 0 Å². The molecule has 0 N–H and O–H groups in total. The van der Waals surface area contributed by atoms with Crippen molar-refractivity contribution in [2.45, 2.75) is 18.4 Å². The minimum absolute atomic E-state index is 0.407. The molecular weight excluding hydrogens is 317 g/mol. The molecule has 0 saturated heterocycles. The topological polar surface area (TPSA) is 33.0 Å². The van der Waals surface area contributed by atoms with Crippen molar-refractivity contribution < 1.29 is 4.74 Å². The zero-order valence-electron chi connectivity index (χ0n) is 11.9. The summed E-state index contributed by atoms with van der Waals surface area (Å²) in [6, 6.07) is 17.1. The van der Waals surface area contributed by atoms with Crippen LogP contribution in [0, 0.1) is 11.3 Å². The molecule has 4 heteroatoms. The normalized spacial score (nSPS) is 23.5. The number of hydrogen-bond donors (Lipinski definition) is 0. The summed E-state index contributed by atoms with van der Waals surface area (Å²) in [7, 11) is 0. The van der Waals surface area contributed by atoms with E-state index in [-0.39, 0.29) is 0 Å². The zero-order chi connectivity index (χ0) is 15.7. The van der Waals surface area contributed by atoms with E-state index in [9.17, 15) is 5.26 Å². The molecule has 0 fully saturated rings. The van der Waals surface area contributed by atoms with Crippen LogP contribution >= 0.6 is 23.2 Å². The van der Waals surface area contributed by atoms with Crippen LogP contribution in [0.5, 0.6) is 0 Å². The Morgan fingerprint density at radius 3 is 2.09 bits per heavy atom. The lowest BCUT2D eigenvalue weighted by molar-refractivity contribution is 0.115. The minimum atomic E-state index is -0.873. The first-order valence-electron chi connectivity index (χ1n) is 6.84. The second kappa shape index (κ2) is 5.68. The quantitative estimate of drug-likeness (QED) is 0.735. The van der Waals surface area contributed by atoms with E-state index in [2.05, 4.69) is 6.07 Å². The molecule has 2 aromatic carbocycles. The maximum absolute atomic E-state index is 9.91. The van der Waals surface area contributed by atoms with E-state index in [0.717, 1.165) is 16.9 Å². The van der Waals surface area contributed by atoms with Gasteiger partial charge in [-0.05, 0) is 48.4 Å². The molecule has 0 amide bonds. The van der Waals surface area contributed by atoms with E-state index in [1.54, 1.807) is 24.3 Å². The van der Waals surface area contributed by atoms with Crippen LogP contribution in [-0.4, -0.2) is 0 Å². The first kappa shape index (κ1) is 15.0. The van der Waals surface area contributed by atoms with Crippen molar-refractivity contribution in [2.24, 2.45) is 0 Å². The van der Waals surface area contributed by atoms with Crippen LogP contribution in [0.4, 0.5) is 0 Å². The summed E-state index contributed by atoms with van der Waals surface area (Å²) < 4.78 is 5.94. The highest BCUT2D eigenvalue weighted by molar-refractivity contribution is 6.30. The highest BCUT2D eigenvalue weighted by Gasteiger charge is 2.46. The molecule has 2 aromatic rings. The fourth-order valence-electron chi connectivity index (χ4n) is 2.79. The van der Waals surface area contributed by atoms with E-state index in [1.165, 1.54) is 0 Å².